The first-order valence-electron chi connectivity index (χ1n) is 9.84. The fraction of sp³-hybridized carbons (Fsp3) is 0.579. The molecule has 0 aliphatic carbocycles. The van der Waals surface area contributed by atoms with Gasteiger partial charge in [-0.3, -0.25) is 9.69 Å². The molecule has 1 atom stereocenters. The molecule has 3 aliphatic heterocycles. The molecule has 158 valence electrons. The van der Waals surface area contributed by atoms with Crippen LogP contribution in [0.4, 0.5) is 8.78 Å². The predicted molar refractivity (Wildman–Crippen MR) is 103 cm³/mol. The van der Waals surface area contributed by atoms with Crippen molar-refractivity contribution >= 4 is 21.8 Å². The van der Waals surface area contributed by atoms with Gasteiger partial charge >= 0.3 is 0 Å². The fourth-order valence-corrected chi connectivity index (χ4v) is 5.52. The van der Waals surface area contributed by atoms with Crippen molar-refractivity contribution < 1.29 is 22.0 Å². The number of piperazine rings is 1. The molecular formula is C19H24F2N4O3S. The van der Waals surface area contributed by atoms with Crippen LogP contribution >= 0.6 is 0 Å². The highest BCUT2D eigenvalue weighted by Crippen LogP contribution is 2.30. The first kappa shape index (κ1) is 20.2. The molecule has 3 aliphatic rings. The molecule has 29 heavy (non-hydrogen) atoms. The van der Waals surface area contributed by atoms with E-state index >= 15 is 0 Å². The molecule has 3 heterocycles. The number of fused-ring (bicyclic) bond motifs is 1. The molecule has 2 fully saturated rings. The van der Waals surface area contributed by atoms with Gasteiger partial charge < -0.3 is 9.80 Å². The second-order valence-corrected chi connectivity index (χ2v) is 9.26. The molecule has 0 saturated carbocycles. The van der Waals surface area contributed by atoms with Crippen LogP contribution in [0.25, 0.3) is 0 Å². The molecule has 1 unspecified atom stereocenters. The molecule has 0 radical (unpaired) electrons. The summed E-state index contributed by atoms with van der Waals surface area (Å²) < 4.78 is 53.7. The first-order valence-corrected chi connectivity index (χ1v) is 11.3. The Bertz CT molecular complexity index is 914. The van der Waals surface area contributed by atoms with Gasteiger partial charge in [0.05, 0.1) is 12.5 Å². The Hall–Kier alpha value is -2.07. The van der Waals surface area contributed by atoms with Crippen LogP contribution in [0.15, 0.2) is 33.6 Å². The van der Waals surface area contributed by atoms with Crippen molar-refractivity contribution in [1.82, 2.24) is 14.7 Å². The number of hydrogen-bond donors (Lipinski definition) is 0. The van der Waals surface area contributed by atoms with Crippen molar-refractivity contribution in [1.29, 1.82) is 0 Å². The minimum absolute atomic E-state index is 0.0149. The minimum Gasteiger partial charge on any atom is -0.355 e. The van der Waals surface area contributed by atoms with Crippen LogP contribution in [0.5, 0.6) is 0 Å². The molecule has 1 amide bonds. The van der Waals surface area contributed by atoms with Crippen molar-refractivity contribution in [2.45, 2.75) is 24.2 Å². The lowest BCUT2D eigenvalue weighted by Crippen LogP contribution is -2.53. The van der Waals surface area contributed by atoms with Crippen molar-refractivity contribution in [3.63, 3.8) is 0 Å². The number of likely N-dealkylation sites (tertiary alicyclic amines) is 1. The largest absolute Gasteiger partial charge is 0.355 e. The SMILES string of the molecule is O=C(C1CCCN(C2=NS(=O)(=O)c3ccccc32)C1)N1CCN(CC(F)F)CC1. The summed E-state index contributed by atoms with van der Waals surface area (Å²) in [5.41, 5.74) is 0.584. The summed E-state index contributed by atoms with van der Waals surface area (Å²) in [6, 6.07) is 6.74. The molecule has 0 N–H and O–H groups in total. The Kier molecular flexibility index (Phi) is 5.56. The first-order chi connectivity index (χ1) is 13.8. The number of alkyl halides is 2. The third-order valence-electron chi connectivity index (χ3n) is 5.76. The zero-order valence-electron chi connectivity index (χ0n) is 16.0. The van der Waals surface area contributed by atoms with Gasteiger partial charge in [-0.2, -0.15) is 8.42 Å². The monoisotopic (exact) mass is 426 g/mol. The standard InChI is InChI=1S/C19H24F2N4O3S/c20-17(21)13-23-8-10-24(11-9-23)19(26)14-4-3-7-25(12-14)18-15-5-1-2-6-16(15)29(27,28)22-18/h1-2,5-6,14,17H,3-4,7-13H2. The van der Waals surface area contributed by atoms with Gasteiger partial charge in [0.2, 0.25) is 5.91 Å². The number of rotatable bonds is 3. The lowest BCUT2D eigenvalue weighted by Gasteiger charge is -2.39. The van der Waals surface area contributed by atoms with E-state index < -0.39 is 16.4 Å². The summed E-state index contributed by atoms with van der Waals surface area (Å²) in [5, 5.41) is 0. The van der Waals surface area contributed by atoms with Crippen molar-refractivity contribution in [2.75, 3.05) is 45.8 Å². The smallest absolute Gasteiger partial charge is 0.285 e. The van der Waals surface area contributed by atoms with Crippen LogP contribution in [0.3, 0.4) is 0 Å². The maximum absolute atomic E-state index is 13.0. The number of halogens is 2. The zero-order chi connectivity index (χ0) is 20.6. The number of nitrogens with zero attached hydrogens (tertiary/aromatic N) is 4. The van der Waals surface area contributed by atoms with Crippen LogP contribution in [0.1, 0.15) is 18.4 Å². The molecule has 2 saturated heterocycles. The Morgan fingerprint density at radius 2 is 1.86 bits per heavy atom. The van der Waals surface area contributed by atoms with E-state index in [0.717, 1.165) is 12.8 Å². The number of carbonyl (C=O) groups excluding carboxylic acids is 1. The highest BCUT2D eigenvalue weighted by Gasteiger charge is 2.36. The molecule has 7 nitrogen and oxygen atoms in total. The van der Waals surface area contributed by atoms with Crippen LogP contribution in [0, 0.1) is 5.92 Å². The lowest BCUT2D eigenvalue weighted by atomic mass is 9.95. The Morgan fingerprint density at radius 1 is 1.14 bits per heavy atom. The van der Waals surface area contributed by atoms with E-state index in [4.69, 9.17) is 0 Å². The molecule has 0 bridgehead atoms. The minimum atomic E-state index is -3.69. The van der Waals surface area contributed by atoms with E-state index in [1.54, 1.807) is 34.1 Å². The van der Waals surface area contributed by atoms with E-state index in [9.17, 15) is 22.0 Å². The van der Waals surface area contributed by atoms with Crippen LogP contribution in [0.2, 0.25) is 0 Å². The van der Waals surface area contributed by atoms with E-state index in [0.29, 0.717) is 50.7 Å². The number of amidine groups is 1. The molecule has 0 aromatic heterocycles. The summed E-state index contributed by atoms with van der Waals surface area (Å²) in [6.07, 6.45) is -0.868. The van der Waals surface area contributed by atoms with E-state index in [-0.39, 0.29) is 23.3 Å². The summed E-state index contributed by atoms with van der Waals surface area (Å²) in [4.78, 5) is 18.5. The lowest BCUT2D eigenvalue weighted by molar-refractivity contribution is -0.138. The summed E-state index contributed by atoms with van der Waals surface area (Å²) >= 11 is 0. The average Bonchev–Trinajstić information content (AvgIpc) is 2.99. The fourth-order valence-electron chi connectivity index (χ4n) is 4.29. The van der Waals surface area contributed by atoms with E-state index in [2.05, 4.69) is 4.40 Å². The average molecular weight is 426 g/mol. The van der Waals surface area contributed by atoms with Gasteiger partial charge in [-0.15, -0.1) is 4.40 Å². The predicted octanol–water partition coefficient (Wildman–Crippen LogP) is 1.26. The third-order valence-corrected chi connectivity index (χ3v) is 7.09. The summed E-state index contributed by atoms with van der Waals surface area (Å²) in [5.74, 6) is 0.185. The van der Waals surface area contributed by atoms with Crippen LogP contribution < -0.4 is 0 Å². The molecule has 10 heteroatoms. The number of amides is 1. The maximum Gasteiger partial charge on any atom is 0.285 e. The number of piperidine rings is 1. The zero-order valence-corrected chi connectivity index (χ0v) is 16.8. The van der Waals surface area contributed by atoms with Gasteiger partial charge in [0.1, 0.15) is 4.90 Å². The Labute approximate surface area is 169 Å². The molecule has 0 spiro atoms. The van der Waals surface area contributed by atoms with Crippen molar-refractivity contribution in [2.24, 2.45) is 10.3 Å². The van der Waals surface area contributed by atoms with Gasteiger partial charge in [0.15, 0.2) is 5.84 Å². The topological polar surface area (TPSA) is 73.3 Å². The molecular weight excluding hydrogens is 402 g/mol. The van der Waals surface area contributed by atoms with E-state index in [1.165, 1.54) is 0 Å². The van der Waals surface area contributed by atoms with Crippen molar-refractivity contribution in [3.8, 4) is 0 Å². The number of sulfonamides is 1. The summed E-state index contributed by atoms with van der Waals surface area (Å²) in [7, 11) is -3.69. The van der Waals surface area contributed by atoms with Gasteiger partial charge in [0.25, 0.3) is 16.4 Å². The van der Waals surface area contributed by atoms with Crippen molar-refractivity contribution in [3.05, 3.63) is 29.8 Å². The van der Waals surface area contributed by atoms with Gasteiger partial charge in [-0.1, -0.05) is 12.1 Å². The molecule has 4 rings (SSSR count). The van der Waals surface area contributed by atoms with Gasteiger partial charge in [0, 0.05) is 44.8 Å². The Balaban J connectivity index is 1.43. The summed E-state index contributed by atoms with van der Waals surface area (Å²) in [6.45, 7) is 2.59. The Morgan fingerprint density at radius 3 is 2.59 bits per heavy atom. The second-order valence-electron chi connectivity index (χ2n) is 7.69. The van der Waals surface area contributed by atoms with E-state index in [1.807, 2.05) is 4.90 Å². The third kappa shape index (κ3) is 4.13. The molecule has 1 aromatic rings. The highest BCUT2D eigenvalue weighted by molar-refractivity contribution is 7.90. The van der Waals surface area contributed by atoms with Crippen LogP contribution in [-0.2, 0) is 14.8 Å². The van der Waals surface area contributed by atoms with Gasteiger partial charge in [-0.25, -0.2) is 8.78 Å². The number of carbonyl (C=O) groups is 1. The second kappa shape index (κ2) is 7.98. The maximum atomic E-state index is 13.0. The van der Waals surface area contributed by atoms with Crippen LogP contribution in [-0.4, -0.2) is 87.1 Å². The quantitative estimate of drug-likeness (QED) is 0.728. The highest BCUT2D eigenvalue weighted by atomic mass is 32.2. The molecule has 1 aromatic carbocycles. The normalized spacial score (nSPS) is 24.5. The number of benzene rings is 1. The van der Waals surface area contributed by atoms with Gasteiger partial charge in [-0.05, 0) is 25.0 Å². The number of hydrogen-bond acceptors (Lipinski definition) is 5.